The molecule has 0 radical (unpaired) electrons. The molecule has 1 heterocycles. The zero-order valence-corrected chi connectivity index (χ0v) is 11.3. The zero-order valence-electron chi connectivity index (χ0n) is 11.3. The van der Waals surface area contributed by atoms with E-state index in [1.807, 2.05) is 0 Å². The number of hydrogen-bond acceptors (Lipinski definition) is 4. The van der Waals surface area contributed by atoms with Crippen LogP contribution in [0.3, 0.4) is 0 Å². The number of urea groups is 1. The van der Waals surface area contributed by atoms with Crippen molar-refractivity contribution in [2.75, 3.05) is 27.2 Å². The van der Waals surface area contributed by atoms with Crippen molar-refractivity contribution in [3.63, 3.8) is 0 Å². The number of amides is 2. The number of carboxylic acid groups (broad SMARTS) is 1. The van der Waals surface area contributed by atoms with Crippen LogP contribution >= 0.6 is 0 Å². The summed E-state index contributed by atoms with van der Waals surface area (Å²) in [7, 11) is 2.93. The summed E-state index contributed by atoms with van der Waals surface area (Å²) in [6.07, 6.45) is 1.95. The lowest BCUT2D eigenvalue weighted by Gasteiger charge is -2.27. The van der Waals surface area contributed by atoms with Gasteiger partial charge in [-0.15, -0.1) is 0 Å². The minimum Gasteiger partial charge on any atom is -0.480 e. The van der Waals surface area contributed by atoms with E-state index in [2.05, 4.69) is 4.74 Å². The van der Waals surface area contributed by atoms with Crippen LogP contribution in [0.25, 0.3) is 0 Å². The van der Waals surface area contributed by atoms with Crippen LogP contribution < -0.4 is 0 Å². The summed E-state index contributed by atoms with van der Waals surface area (Å²) >= 11 is 0. The fraction of sp³-hybridized carbons (Fsp3) is 0.750. The van der Waals surface area contributed by atoms with Crippen molar-refractivity contribution in [3.05, 3.63) is 0 Å². The second kappa shape index (κ2) is 6.96. The predicted octanol–water partition coefficient (Wildman–Crippen LogP) is 0.540. The van der Waals surface area contributed by atoms with E-state index in [1.54, 1.807) is 7.05 Å². The Morgan fingerprint density at radius 2 is 2.11 bits per heavy atom. The number of nitrogens with zero attached hydrogens (tertiary/aromatic N) is 2. The van der Waals surface area contributed by atoms with Gasteiger partial charge in [-0.05, 0) is 19.3 Å². The number of carboxylic acids is 1. The number of carbonyl (C=O) groups excluding carboxylic acids is 2. The van der Waals surface area contributed by atoms with E-state index >= 15 is 0 Å². The molecule has 1 atom stereocenters. The average molecular weight is 272 g/mol. The van der Waals surface area contributed by atoms with Crippen molar-refractivity contribution >= 4 is 18.0 Å². The van der Waals surface area contributed by atoms with Gasteiger partial charge in [0.15, 0.2) is 0 Å². The summed E-state index contributed by atoms with van der Waals surface area (Å²) in [5.41, 5.74) is 0. The van der Waals surface area contributed by atoms with Gasteiger partial charge in [-0.25, -0.2) is 9.59 Å². The molecule has 1 aliphatic rings. The van der Waals surface area contributed by atoms with Crippen LogP contribution in [-0.4, -0.2) is 66.2 Å². The van der Waals surface area contributed by atoms with Gasteiger partial charge in [-0.3, -0.25) is 4.79 Å². The van der Waals surface area contributed by atoms with E-state index in [1.165, 1.54) is 16.9 Å². The molecule has 0 aromatic carbocycles. The highest BCUT2D eigenvalue weighted by Crippen LogP contribution is 2.19. The topological polar surface area (TPSA) is 87.2 Å². The smallest absolute Gasteiger partial charge is 0.326 e. The average Bonchev–Trinajstić information content (AvgIpc) is 2.86. The molecular weight excluding hydrogens is 252 g/mol. The first-order chi connectivity index (χ1) is 8.97. The molecule has 0 aliphatic carbocycles. The minimum absolute atomic E-state index is 0.247. The Hall–Kier alpha value is -1.79. The molecule has 0 saturated carbocycles. The summed E-state index contributed by atoms with van der Waals surface area (Å²) in [6.45, 7) is 0.869. The Bertz CT molecular complexity index is 358. The third-order valence-corrected chi connectivity index (χ3v) is 3.21. The van der Waals surface area contributed by atoms with Crippen molar-refractivity contribution in [1.82, 2.24) is 9.80 Å². The second-order valence-electron chi connectivity index (χ2n) is 4.57. The summed E-state index contributed by atoms with van der Waals surface area (Å²) < 4.78 is 4.51. The summed E-state index contributed by atoms with van der Waals surface area (Å²) in [5, 5.41) is 9.02. The van der Waals surface area contributed by atoms with Crippen molar-refractivity contribution in [1.29, 1.82) is 0 Å². The molecule has 1 aliphatic heterocycles. The first-order valence-electron chi connectivity index (χ1n) is 6.28. The summed E-state index contributed by atoms with van der Waals surface area (Å²) in [5.74, 6) is -1.28. The molecule has 0 aromatic heterocycles. The molecule has 7 heteroatoms. The number of carbonyl (C=O) groups is 3. The van der Waals surface area contributed by atoms with E-state index in [4.69, 9.17) is 5.11 Å². The normalized spacial score (nSPS) is 18.2. The molecule has 0 spiro atoms. The zero-order chi connectivity index (χ0) is 14.4. The third-order valence-electron chi connectivity index (χ3n) is 3.21. The second-order valence-corrected chi connectivity index (χ2v) is 4.57. The minimum atomic E-state index is -0.964. The maximum atomic E-state index is 12.1. The largest absolute Gasteiger partial charge is 0.480 e. The van der Waals surface area contributed by atoms with Crippen LogP contribution in [0.1, 0.15) is 25.7 Å². The highest BCUT2D eigenvalue weighted by Gasteiger charge is 2.35. The van der Waals surface area contributed by atoms with Gasteiger partial charge in [-0.1, -0.05) is 0 Å². The lowest BCUT2D eigenvalue weighted by Crippen LogP contribution is -2.46. The van der Waals surface area contributed by atoms with Gasteiger partial charge >= 0.3 is 18.0 Å². The molecule has 2 amide bonds. The van der Waals surface area contributed by atoms with Crippen LogP contribution in [0.15, 0.2) is 0 Å². The molecule has 1 rings (SSSR count). The lowest BCUT2D eigenvalue weighted by atomic mass is 10.2. The third kappa shape index (κ3) is 4.11. The number of aliphatic carboxylic acids is 1. The number of ether oxygens (including phenoxy) is 1. The van der Waals surface area contributed by atoms with Crippen molar-refractivity contribution in [2.24, 2.45) is 0 Å². The van der Waals surface area contributed by atoms with Crippen molar-refractivity contribution in [2.45, 2.75) is 31.7 Å². The molecule has 0 aromatic rings. The van der Waals surface area contributed by atoms with E-state index in [9.17, 15) is 14.4 Å². The van der Waals surface area contributed by atoms with Gasteiger partial charge in [-0.2, -0.15) is 0 Å². The van der Waals surface area contributed by atoms with Gasteiger partial charge in [0.1, 0.15) is 6.04 Å². The van der Waals surface area contributed by atoms with Gasteiger partial charge in [0.05, 0.1) is 7.11 Å². The summed E-state index contributed by atoms with van der Waals surface area (Å²) in [4.78, 5) is 36.9. The Kier molecular flexibility index (Phi) is 5.59. The highest BCUT2D eigenvalue weighted by molar-refractivity contribution is 5.83. The van der Waals surface area contributed by atoms with Gasteiger partial charge in [0.2, 0.25) is 0 Å². The van der Waals surface area contributed by atoms with Gasteiger partial charge < -0.3 is 19.6 Å². The molecular formula is C12H20N2O5. The van der Waals surface area contributed by atoms with Gasteiger partial charge in [0, 0.05) is 26.6 Å². The molecule has 108 valence electrons. The Morgan fingerprint density at radius 1 is 1.42 bits per heavy atom. The maximum Gasteiger partial charge on any atom is 0.326 e. The maximum absolute atomic E-state index is 12.1. The Balaban J connectivity index is 2.43. The van der Waals surface area contributed by atoms with E-state index < -0.39 is 12.0 Å². The molecule has 0 unspecified atom stereocenters. The molecule has 0 bridgehead atoms. The number of rotatable bonds is 5. The van der Waals surface area contributed by atoms with E-state index in [0.29, 0.717) is 32.4 Å². The van der Waals surface area contributed by atoms with Crippen molar-refractivity contribution in [3.8, 4) is 0 Å². The van der Waals surface area contributed by atoms with Gasteiger partial charge in [0.25, 0.3) is 0 Å². The van der Waals surface area contributed by atoms with Crippen LogP contribution in [0.2, 0.25) is 0 Å². The number of methoxy groups -OCH3 is 1. The van der Waals surface area contributed by atoms with Crippen LogP contribution in [0, 0.1) is 0 Å². The SMILES string of the molecule is COC(=O)CCCN(C)C(=O)N1CCC[C@H]1C(=O)O. The molecule has 19 heavy (non-hydrogen) atoms. The van der Waals surface area contributed by atoms with Crippen LogP contribution in [0.4, 0.5) is 4.79 Å². The Morgan fingerprint density at radius 3 is 2.68 bits per heavy atom. The molecule has 1 fully saturated rings. The molecule has 1 saturated heterocycles. The fourth-order valence-electron chi connectivity index (χ4n) is 2.13. The highest BCUT2D eigenvalue weighted by atomic mass is 16.5. The predicted molar refractivity (Wildman–Crippen MR) is 66.6 cm³/mol. The quantitative estimate of drug-likeness (QED) is 0.738. The van der Waals surface area contributed by atoms with Crippen molar-refractivity contribution < 1.29 is 24.2 Å². The Labute approximate surface area is 112 Å². The summed E-state index contributed by atoms with van der Waals surface area (Å²) in [6, 6.07) is -1.02. The van der Waals surface area contributed by atoms with E-state index in [-0.39, 0.29) is 18.4 Å². The monoisotopic (exact) mass is 272 g/mol. The lowest BCUT2D eigenvalue weighted by molar-refractivity contribution is -0.141. The molecule has 1 N–H and O–H groups in total. The molecule has 7 nitrogen and oxygen atoms in total. The van der Waals surface area contributed by atoms with Crippen LogP contribution in [0.5, 0.6) is 0 Å². The number of likely N-dealkylation sites (tertiary alicyclic amines) is 1. The number of hydrogen-bond donors (Lipinski definition) is 1. The van der Waals surface area contributed by atoms with Crippen LogP contribution in [-0.2, 0) is 14.3 Å². The standard InChI is InChI=1S/C12H20N2O5/c1-13(7-4-6-10(15)19-2)12(18)14-8-3-5-9(14)11(16)17/h9H,3-8H2,1-2H3,(H,16,17)/t9-/m0/s1. The number of esters is 1. The fourth-order valence-corrected chi connectivity index (χ4v) is 2.13. The first-order valence-corrected chi connectivity index (χ1v) is 6.28. The van der Waals surface area contributed by atoms with E-state index in [0.717, 1.165) is 0 Å². The first kappa shape index (κ1) is 15.3.